The average molecular weight is 447 g/mol. The molecule has 3 aromatic rings. The summed E-state index contributed by atoms with van der Waals surface area (Å²) in [5, 5.41) is 5.49. The normalized spacial score (nSPS) is 18.3. The van der Waals surface area contributed by atoms with Crippen molar-refractivity contribution in [3.05, 3.63) is 48.5 Å². The molecule has 4 heterocycles. The molecule has 0 spiro atoms. The molecule has 1 aromatic carbocycles. The van der Waals surface area contributed by atoms with Gasteiger partial charge in [-0.1, -0.05) is 6.07 Å². The van der Waals surface area contributed by atoms with Gasteiger partial charge >= 0.3 is 6.09 Å². The van der Waals surface area contributed by atoms with Crippen LogP contribution in [0.2, 0.25) is 0 Å². The van der Waals surface area contributed by atoms with Gasteiger partial charge in [0.1, 0.15) is 23.6 Å². The summed E-state index contributed by atoms with van der Waals surface area (Å²) in [7, 11) is 0. The predicted octanol–water partition coefficient (Wildman–Crippen LogP) is 5.05. The number of anilines is 3. The third-order valence-corrected chi connectivity index (χ3v) is 6.19. The highest BCUT2D eigenvalue weighted by Crippen LogP contribution is 2.41. The second-order valence-corrected chi connectivity index (χ2v) is 9.68. The van der Waals surface area contributed by atoms with E-state index < -0.39 is 5.60 Å². The first-order valence-electron chi connectivity index (χ1n) is 11.6. The highest BCUT2D eigenvalue weighted by atomic mass is 16.6. The van der Waals surface area contributed by atoms with Gasteiger partial charge in [0.25, 0.3) is 0 Å². The maximum atomic E-state index is 13.0. The van der Waals surface area contributed by atoms with Gasteiger partial charge in [-0.25, -0.2) is 19.7 Å². The second-order valence-electron chi connectivity index (χ2n) is 9.68. The van der Waals surface area contributed by atoms with Gasteiger partial charge in [-0.3, -0.25) is 0 Å². The van der Waals surface area contributed by atoms with Crippen molar-refractivity contribution in [2.45, 2.75) is 51.7 Å². The first-order chi connectivity index (χ1) is 15.9. The lowest BCUT2D eigenvalue weighted by Gasteiger charge is -2.35. The number of pyridine rings is 1. The Labute approximate surface area is 194 Å². The van der Waals surface area contributed by atoms with Crippen molar-refractivity contribution >= 4 is 34.2 Å². The number of amides is 1. The monoisotopic (exact) mass is 446 g/mol. The van der Waals surface area contributed by atoms with Crippen LogP contribution in [0, 0.1) is 0 Å². The number of ether oxygens (including phenoxy) is 1. The smallest absolute Gasteiger partial charge is 0.410 e. The number of aromatic nitrogens is 3. The lowest BCUT2D eigenvalue weighted by molar-refractivity contribution is 0.0225. The standard InChI is InChI=1S/C25H30N6O2/c1-25(2,3)33-24(32)31-13-4-6-21(31)17-7-8-20(30-11-5-12-30)19-15-27-23(14-18(17)19)29-22-9-10-26-16-28-22/h7-10,14-16,21H,4-6,11-13H2,1-3H3,(H,26,27,28,29). The number of benzene rings is 1. The van der Waals surface area contributed by atoms with E-state index in [2.05, 4.69) is 43.4 Å². The molecule has 0 radical (unpaired) electrons. The third-order valence-electron chi connectivity index (χ3n) is 6.19. The molecule has 1 N–H and O–H groups in total. The number of carbonyl (C=O) groups is 1. The molecule has 5 rings (SSSR count). The maximum Gasteiger partial charge on any atom is 0.410 e. The number of fused-ring (bicyclic) bond motifs is 1. The Hall–Kier alpha value is -3.42. The topological polar surface area (TPSA) is 83.5 Å². The van der Waals surface area contributed by atoms with E-state index in [9.17, 15) is 4.79 Å². The Bertz CT molecular complexity index is 1160. The maximum absolute atomic E-state index is 13.0. The minimum absolute atomic E-state index is 0.0258. The van der Waals surface area contributed by atoms with Crippen LogP contribution in [-0.4, -0.2) is 51.2 Å². The fourth-order valence-electron chi connectivity index (χ4n) is 4.56. The van der Waals surface area contributed by atoms with Crippen LogP contribution in [0.15, 0.2) is 43.0 Å². The molecule has 172 valence electrons. The van der Waals surface area contributed by atoms with E-state index >= 15 is 0 Å². The van der Waals surface area contributed by atoms with Crippen LogP contribution in [0.3, 0.4) is 0 Å². The summed E-state index contributed by atoms with van der Waals surface area (Å²) in [5.41, 5.74) is 1.81. The number of hydrogen-bond acceptors (Lipinski definition) is 7. The lowest BCUT2D eigenvalue weighted by atomic mass is 9.96. The summed E-state index contributed by atoms with van der Waals surface area (Å²) >= 11 is 0. The van der Waals surface area contributed by atoms with Crippen molar-refractivity contribution in [2.24, 2.45) is 0 Å². The van der Waals surface area contributed by atoms with Crippen LogP contribution in [0.4, 0.5) is 22.1 Å². The second kappa shape index (κ2) is 8.50. The predicted molar refractivity (Wildman–Crippen MR) is 129 cm³/mol. The van der Waals surface area contributed by atoms with Crippen molar-refractivity contribution in [2.75, 3.05) is 29.9 Å². The van der Waals surface area contributed by atoms with E-state index in [1.54, 1.807) is 6.20 Å². The molecule has 8 heteroatoms. The van der Waals surface area contributed by atoms with Crippen LogP contribution in [0.1, 0.15) is 51.6 Å². The molecule has 1 unspecified atom stereocenters. The minimum Gasteiger partial charge on any atom is -0.444 e. The molecular formula is C25H30N6O2. The van der Waals surface area contributed by atoms with Gasteiger partial charge < -0.3 is 19.9 Å². The fourth-order valence-corrected chi connectivity index (χ4v) is 4.56. The number of rotatable bonds is 4. The van der Waals surface area contributed by atoms with Crippen LogP contribution in [0.5, 0.6) is 0 Å². The zero-order valence-corrected chi connectivity index (χ0v) is 19.4. The van der Waals surface area contributed by atoms with Crippen molar-refractivity contribution in [3.63, 3.8) is 0 Å². The molecule has 2 aromatic heterocycles. The minimum atomic E-state index is -0.522. The van der Waals surface area contributed by atoms with Crippen molar-refractivity contribution in [1.29, 1.82) is 0 Å². The molecular weight excluding hydrogens is 416 g/mol. The quantitative estimate of drug-likeness (QED) is 0.600. The molecule has 2 aliphatic heterocycles. The van der Waals surface area contributed by atoms with Gasteiger partial charge in [0, 0.05) is 43.1 Å². The van der Waals surface area contributed by atoms with Crippen LogP contribution in [0.25, 0.3) is 10.8 Å². The fraction of sp³-hybridized carbons (Fsp3) is 0.440. The summed E-state index contributed by atoms with van der Waals surface area (Å²) in [6.07, 6.45) is 7.96. The van der Waals surface area contributed by atoms with Gasteiger partial charge in [0.15, 0.2) is 0 Å². The molecule has 0 bridgehead atoms. The van der Waals surface area contributed by atoms with Crippen molar-refractivity contribution in [1.82, 2.24) is 19.9 Å². The Morgan fingerprint density at radius 2 is 1.91 bits per heavy atom. The average Bonchev–Trinajstić information content (AvgIpc) is 3.22. The molecule has 1 atom stereocenters. The Balaban J connectivity index is 1.55. The zero-order chi connectivity index (χ0) is 23.0. The molecule has 1 amide bonds. The number of likely N-dealkylation sites (tertiary alicyclic amines) is 1. The molecule has 2 fully saturated rings. The first kappa shape index (κ1) is 21.4. The van der Waals surface area contributed by atoms with E-state index in [0.717, 1.165) is 42.3 Å². The largest absolute Gasteiger partial charge is 0.444 e. The van der Waals surface area contributed by atoms with Gasteiger partial charge in [-0.2, -0.15) is 0 Å². The van der Waals surface area contributed by atoms with Crippen LogP contribution < -0.4 is 10.2 Å². The van der Waals surface area contributed by atoms with Crippen molar-refractivity contribution < 1.29 is 9.53 Å². The highest BCUT2D eigenvalue weighted by Gasteiger charge is 2.34. The van der Waals surface area contributed by atoms with E-state index in [1.807, 2.05) is 37.9 Å². The summed E-state index contributed by atoms with van der Waals surface area (Å²) in [6.45, 7) is 8.54. The molecule has 8 nitrogen and oxygen atoms in total. The van der Waals surface area contributed by atoms with Gasteiger partial charge in [-0.15, -0.1) is 0 Å². The van der Waals surface area contributed by atoms with E-state index in [-0.39, 0.29) is 12.1 Å². The molecule has 0 saturated carbocycles. The number of carbonyl (C=O) groups excluding carboxylic acids is 1. The Kier molecular flexibility index (Phi) is 5.52. The Morgan fingerprint density at radius 1 is 1.06 bits per heavy atom. The van der Waals surface area contributed by atoms with Crippen molar-refractivity contribution in [3.8, 4) is 0 Å². The summed E-state index contributed by atoms with van der Waals surface area (Å²) in [6, 6.07) is 8.22. The van der Waals surface area contributed by atoms with Crippen LogP contribution in [-0.2, 0) is 4.74 Å². The SMILES string of the molecule is CC(C)(C)OC(=O)N1CCCC1c1ccc(N2CCC2)c2cnc(Nc3ccncn3)cc12. The molecule has 0 aliphatic carbocycles. The molecule has 33 heavy (non-hydrogen) atoms. The van der Waals surface area contributed by atoms with Crippen LogP contribution >= 0.6 is 0 Å². The number of nitrogens with one attached hydrogen (secondary N) is 1. The van der Waals surface area contributed by atoms with Gasteiger partial charge in [-0.05, 0) is 69.2 Å². The summed E-state index contributed by atoms with van der Waals surface area (Å²) in [5.74, 6) is 1.40. The first-order valence-corrected chi connectivity index (χ1v) is 11.6. The highest BCUT2D eigenvalue weighted by molar-refractivity contribution is 5.98. The van der Waals surface area contributed by atoms with Gasteiger partial charge in [0.2, 0.25) is 0 Å². The molecule has 2 aliphatic rings. The summed E-state index contributed by atoms with van der Waals surface area (Å²) < 4.78 is 5.72. The zero-order valence-electron chi connectivity index (χ0n) is 19.4. The van der Waals surface area contributed by atoms with E-state index in [4.69, 9.17) is 4.74 Å². The molecule has 2 saturated heterocycles. The Morgan fingerprint density at radius 3 is 2.61 bits per heavy atom. The van der Waals surface area contributed by atoms with Gasteiger partial charge in [0.05, 0.1) is 6.04 Å². The lowest BCUT2D eigenvalue weighted by Crippen LogP contribution is -2.37. The van der Waals surface area contributed by atoms with E-state index in [0.29, 0.717) is 18.2 Å². The summed E-state index contributed by atoms with van der Waals surface area (Å²) in [4.78, 5) is 30.1. The number of nitrogens with zero attached hydrogens (tertiary/aromatic N) is 5. The number of hydrogen-bond donors (Lipinski definition) is 1. The van der Waals surface area contributed by atoms with E-state index in [1.165, 1.54) is 18.4 Å². The third kappa shape index (κ3) is 4.42.